The van der Waals surface area contributed by atoms with E-state index in [-0.39, 0.29) is 6.04 Å². The summed E-state index contributed by atoms with van der Waals surface area (Å²) in [4.78, 5) is 9.98. The van der Waals surface area contributed by atoms with Gasteiger partial charge in [-0.2, -0.15) is 0 Å². The average Bonchev–Trinajstić information content (AvgIpc) is 2.31. The Bertz CT molecular complexity index is 594. The normalized spacial score (nSPS) is 12.4. The van der Waals surface area contributed by atoms with Crippen molar-refractivity contribution in [1.82, 2.24) is 9.97 Å². The van der Waals surface area contributed by atoms with Crippen LogP contribution in [0.15, 0.2) is 34.3 Å². The largest absolute Gasteiger partial charge is 0.328 e. The summed E-state index contributed by atoms with van der Waals surface area (Å²) in [6, 6.07) is 7.94. The van der Waals surface area contributed by atoms with Crippen LogP contribution in [0.5, 0.6) is 0 Å². The van der Waals surface area contributed by atoms with Gasteiger partial charge in [-0.25, -0.2) is 9.97 Å². The zero-order valence-electron chi connectivity index (χ0n) is 11.9. The highest BCUT2D eigenvalue weighted by Crippen LogP contribution is 2.31. The first kappa shape index (κ1) is 15.3. The Morgan fingerprint density at radius 3 is 2.45 bits per heavy atom. The first-order valence-electron chi connectivity index (χ1n) is 6.48. The molecule has 2 N–H and O–H groups in total. The fraction of sp³-hybridized carbons (Fsp3) is 0.333. The Morgan fingerprint density at radius 1 is 1.20 bits per heavy atom. The lowest BCUT2D eigenvalue weighted by atomic mass is 10.1. The number of rotatable bonds is 4. The van der Waals surface area contributed by atoms with Gasteiger partial charge in [-0.15, -0.1) is 0 Å². The molecule has 1 unspecified atom stereocenters. The number of halogens is 1. The molecule has 0 radical (unpaired) electrons. The second kappa shape index (κ2) is 6.57. The van der Waals surface area contributed by atoms with Crippen molar-refractivity contribution < 1.29 is 0 Å². The number of nitrogens with two attached hydrogens (primary N) is 1. The highest BCUT2D eigenvalue weighted by Gasteiger charge is 2.10. The molecule has 0 saturated carbocycles. The molecule has 0 amide bonds. The van der Waals surface area contributed by atoms with Crippen molar-refractivity contribution in [2.75, 3.05) is 0 Å². The summed E-state index contributed by atoms with van der Waals surface area (Å²) in [5, 5.41) is 1.46. The van der Waals surface area contributed by atoms with Gasteiger partial charge < -0.3 is 5.73 Å². The van der Waals surface area contributed by atoms with Crippen LogP contribution in [0.25, 0.3) is 0 Å². The van der Waals surface area contributed by atoms with Gasteiger partial charge in [0, 0.05) is 27.3 Å². The van der Waals surface area contributed by atoms with Gasteiger partial charge >= 0.3 is 0 Å². The zero-order valence-corrected chi connectivity index (χ0v) is 13.4. The molecule has 0 aliphatic heterocycles. The van der Waals surface area contributed by atoms with Crippen molar-refractivity contribution in [2.24, 2.45) is 5.73 Å². The van der Waals surface area contributed by atoms with Crippen LogP contribution >= 0.6 is 23.4 Å². The Kier molecular flexibility index (Phi) is 5.02. The van der Waals surface area contributed by atoms with Gasteiger partial charge in [0.1, 0.15) is 0 Å². The molecule has 0 aliphatic rings. The molecular formula is C15H18ClN3S. The van der Waals surface area contributed by atoms with Crippen LogP contribution < -0.4 is 5.73 Å². The van der Waals surface area contributed by atoms with Crippen molar-refractivity contribution in [3.05, 3.63) is 46.2 Å². The molecular weight excluding hydrogens is 290 g/mol. The quantitative estimate of drug-likeness (QED) is 0.873. The van der Waals surface area contributed by atoms with E-state index in [0.717, 1.165) is 27.9 Å². The summed E-state index contributed by atoms with van der Waals surface area (Å²) in [5.74, 6) is 0. The predicted molar refractivity (Wildman–Crippen MR) is 84.4 cm³/mol. The fourth-order valence-corrected chi connectivity index (χ4v) is 3.26. The van der Waals surface area contributed by atoms with E-state index in [1.165, 1.54) is 17.3 Å². The second-order valence-corrected chi connectivity index (χ2v) is 6.41. The van der Waals surface area contributed by atoms with E-state index in [2.05, 4.69) is 9.97 Å². The Labute approximate surface area is 129 Å². The van der Waals surface area contributed by atoms with Gasteiger partial charge in [0.05, 0.1) is 0 Å². The third-order valence-corrected chi connectivity index (χ3v) is 3.93. The number of hydrogen-bond acceptors (Lipinski definition) is 4. The maximum Gasteiger partial charge on any atom is 0.192 e. The highest BCUT2D eigenvalue weighted by atomic mass is 35.5. The molecule has 0 aliphatic carbocycles. The van der Waals surface area contributed by atoms with Crippen LogP contribution in [-0.2, 0) is 6.42 Å². The molecule has 0 saturated heterocycles. The van der Waals surface area contributed by atoms with E-state index in [9.17, 15) is 0 Å². The summed E-state index contributed by atoms with van der Waals surface area (Å²) in [6.07, 6.45) is 0.810. The molecule has 106 valence electrons. The number of nitrogens with zero attached hydrogens (tertiary/aromatic N) is 2. The molecule has 5 heteroatoms. The summed E-state index contributed by atoms with van der Waals surface area (Å²) < 4.78 is 0. The van der Waals surface area contributed by atoms with E-state index in [1.807, 2.05) is 45.0 Å². The molecule has 1 aromatic carbocycles. The monoisotopic (exact) mass is 307 g/mol. The molecule has 1 heterocycles. The fourth-order valence-electron chi connectivity index (χ4n) is 1.98. The van der Waals surface area contributed by atoms with Gasteiger partial charge in [-0.3, -0.25) is 0 Å². The number of aromatic nitrogens is 2. The van der Waals surface area contributed by atoms with Crippen molar-refractivity contribution in [3.8, 4) is 0 Å². The smallest absolute Gasteiger partial charge is 0.192 e. The van der Waals surface area contributed by atoms with Crippen LogP contribution in [-0.4, -0.2) is 16.0 Å². The summed E-state index contributed by atoms with van der Waals surface area (Å²) >= 11 is 7.63. The molecule has 2 rings (SSSR count). The second-order valence-electron chi connectivity index (χ2n) is 4.97. The molecule has 0 bridgehead atoms. The van der Waals surface area contributed by atoms with E-state index in [0.29, 0.717) is 5.02 Å². The van der Waals surface area contributed by atoms with Crippen molar-refractivity contribution in [2.45, 2.75) is 43.3 Å². The molecule has 0 fully saturated rings. The maximum absolute atomic E-state index is 6.10. The van der Waals surface area contributed by atoms with Crippen molar-refractivity contribution in [3.63, 3.8) is 0 Å². The van der Waals surface area contributed by atoms with Gasteiger partial charge in [-0.1, -0.05) is 17.7 Å². The SMILES string of the molecule is Cc1cc(C)nc(Sc2cc(Cl)ccc2CC(C)N)n1. The highest BCUT2D eigenvalue weighted by molar-refractivity contribution is 7.99. The summed E-state index contributed by atoms with van der Waals surface area (Å²) in [7, 11) is 0. The van der Waals surface area contributed by atoms with E-state index >= 15 is 0 Å². The van der Waals surface area contributed by atoms with E-state index in [1.54, 1.807) is 0 Å². The van der Waals surface area contributed by atoms with Crippen LogP contribution in [0.2, 0.25) is 5.02 Å². The van der Waals surface area contributed by atoms with Crippen molar-refractivity contribution >= 4 is 23.4 Å². The van der Waals surface area contributed by atoms with Crippen molar-refractivity contribution in [1.29, 1.82) is 0 Å². The van der Waals surface area contributed by atoms with Crippen LogP contribution in [0.1, 0.15) is 23.9 Å². The number of hydrogen-bond donors (Lipinski definition) is 1. The first-order valence-corrected chi connectivity index (χ1v) is 7.67. The molecule has 1 aromatic heterocycles. The average molecular weight is 308 g/mol. The minimum atomic E-state index is 0.107. The first-order chi connectivity index (χ1) is 9.44. The van der Waals surface area contributed by atoms with Gasteiger partial charge in [0.2, 0.25) is 0 Å². The maximum atomic E-state index is 6.10. The molecule has 2 aromatic rings. The lowest BCUT2D eigenvalue weighted by Gasteiger charge is -2.11. The Balaban J connectivity index is 2.33. The van der Waals surface area contributed by atoms with Crippen LogP contribution in [0, 0.1) is 13.8 Å². The van der Waals surface area contributed by atoms with E-state index in [4.69, 9.17) is 17.3 Å². The third-order valence-electron chi connectivity index (χ3n) is 2.73. The topological polar surface area (TPSA) is 51.8 Å². The lowest BCUT2D eigenvalue weighted by molar-refractivity contribution is 0.729. The van der Waals surface area contributed by atoms with Gasteiger partial charge in [0.25, 0.3) is 0 Å². The number of benzene rings is 1. The number of aryl methyl sites for hydroxylation is 2. The summed E-state index contributed by atoms with van der Waals surface area (Å²) in [6.45, 7) is 5.94. The molecule has 20 heavy (non-hydrogen) atoms. The van der Waals surface area contributed by atoms with Crippen LogP contribution in [0.4, 0.5) is 0 Å². The van der Waals surface area contributed by atoms with E-state index < -0.39 is 0 Å². The third kappa shape index (κ3) is 4.20. The van der Waals surface area contributed by atoms with Gasteiger partial charge in [0.15, 0.2) is 5.16 Å². The predicted octanol–water partition coefficient (Wildman–Crippen LogP) is 3.79. The molecule has 1 atom stereocenters. The minimum Gasteiger partial charge on any atom is -0.328 e. The zero-order chi connectivity index (χ0) is 14.7. The van der Waals surface area contributed by atoms with Crippen LogP contribution in [0.3, 0.4) is 0 Å². The Hall–Kier alpha value is -1.10. The lowest BCUT2D eigenvalue weighted by Crippen LogP contribution is -2.18. The Morgan fingerprint density at radius 2 is 1.85 bits per heavy atom. The minimum absolute atomic E-state index is 0.107. The molecule has 3 nitrogen and oxygen atoms in total. The summed E-state index contributed by atoms with van der Waals surface area (Å²) in [5.41, 5.74) is 9.01. The molecule has 0 spiro atoms. The standard InChI is InChI=1S/C15H18ClN3S/c1-9(17)6-12-4-5-13(16)8-14(12)20-15-18-10(2)7-11(3)19-15/h4-5,7-9H,6,17H2,1-3H3. The van der Waals surface area contributed by atoms with Gasteiger partial charge in [-0.05, 0) is 62.7 Å².